The summed E-state index contributed by atoms with van der Waals surface area (Å²) in [5.74, 6) is 0.697. The molecule has 10 heteroatoms. The number of sulfonamides is 2. The first kappa shape index (κ1) is 23.8. The van der Waals surface area contributed by atoms with E-state index in [1.807, 2.05) is 11.4 Å². The number of nitrogens with one attached hydrogen (secondary N) is 1. The van der Waals surface area contributed by atoms with Gasteiger partial charge >= 0.3 is 0 Å². The number of piperidine rings is 1. The lowest BCUT2D eigenvalue weighted by atomic mass is 9.97. The normalized spacial score (nSPS) is 20.5. The monoisotopic (exact) mass is 497 g/mol. The van der Waals surface area contributed by atoms with Gasteiger partial charge in [-0.3, -0.25) is 4.90 Å². The topological polar surface area (TPSA) is 86.8 Å². The molecule has 1 aromatic carbocycles. The number of hydrogen-bond donors (Lipinski definition) is 1. The van der Waals surface area contributed by atoms with E-state index >= 15 is 0 Å². The molecule has 0 aliphatic carbocycles. The fourth-order valence-electron chi connectivity index (χ4n) is 4.37. The molecule has 1 aromatic heterocycles. The van der Waals surface area contributed by atoms with Crippen molar-refractivity contribution < 1.29 is 16.8 Å². The van der Waals surface area contributed by atoms with Crippen LogP contribution in [0, 0.1) is 5.92 Å². The second kappa shape index (κ2) is 9.90. The van der Waals surface area contributed by atoms with Crippen LogP contribution in [0.1, 0.15) is 43.5 Å². The highest BCUT2D eigenvalue weighted by Crippen LogP contribution is 2.29. The van der Waals surface area contributed by atoms with Crippen LogP contribution in [-0.2, 0) is 20.0 Å². The molecule has 7 nitrogen and oxygen atoms in total. The Morgan fingerprint density at radius 1 is 0.969 bits per heavy atom. The van der Waals surface area contributed by atoms with Crippen molar-refractivity contribution in [2.75, 3.05) is 32.7 Å². The molecule has 0 radical (unpaired) electrons. The van der Waals surface area contributed by atoms with E-state index in [9.17, 15) is 16.8 Å². The summed E-state index contributed by atoms with van der Waals surface area (Å²) in [6.45, 7) is 5.48. The predicted octanol–water partition coefficient (Wildman–Crippen LogP) is 3.28. The Balaban J connectivity index is 1.47. The van der Waals surface area contributed by atoms with Gasteiger partial charge in [0.1, 0.15) is 0 Å². The molecule has 176 valence electrons. The summed E-state index contributed by atoms with van der Waals surface area (Å²) in [6, 6.07) is 9.60. The van der Waals surface area contributed by atoms with E-state index in [2.05, 4.69) is 22.6 Å². The van der Waals surface area contributed by atoms with Crippen LogP contribution in [0.4, 0.5) is 0 Å². The predicted molar refractivity (Wildman–Crippen MR) is 127 cm³/mol. The standard InChI is InChI=1S/C22H31N3O4S3/c1-18-10-14-24(15-11-18)21(22-5-4-16-30-22)17-23-31(26,27)19-6-8-20(9-7-19)32(28,29)25-12-2-3-13-25/h4-9,16,18,21,23H,2-3,10-15,17H2,1H3. The summed E-state index contributed by atoms with van der Waals surface area (Å²) in [7, 11) is -7.32. The molecule has 0 amide bonds. The molecular formula is C22H31N3O4S3. The molecule has 2 aliphatic rings. The summed E-state index contributed by atoms with van der Waals surface area (Å²) < 4.78 is 55.6. The molecule has 1 N–H and O–H groups in total. The lowest BCUT2D eigenvalue weighted by Gasteiger charge is -2.36. The zero-order chi connectivity index (χ0) is 22.8. The van der Waals surface area contributed by atoms with Gasteiger partial charge in [0.05, 0.1) is 15.8 Å². The first-order chi connectivity index (χ1) is 15.3. The number of thiophene rings is 1. The maximum absolute atomic E-state index is 13.0. The van der Waals surface area contributed by atoms with Gasteiger partial charge in [-0.15, -0.1) is 11.3 Å². The van der Waals surface area contributed by atoms with Gasteiger partial charge in [0, 0.05) is 24.5 Å². The summed E-state index contributed by atoms with van der Waals surface area (Å²) >= 11 is 1.64. The van der Waals surface area contributed by atoms with Crippen LogP contribution in [0.5, 0.6) is 0 Å². The fraction of sp³-hybridized carbons (Fsp3) is 0.545. The Labute approximate surface area is 195 Å². The van der Waals surface area contributed by atoms with Gasteiger partial charge in [-0.05, 0) is 80.4 Å². The minimum atomic E-state index is -3.76. The second-order valence-corrected chi connectivity index (χ2v) is 13.4. The largest absolute Gasteiger partial charge is 0.294 e. The molecule has 1 unspecified atom stereocenters. The molecule has 2 saturated heterocycles. The molecule has 2 fully saturated rings. The Hall–Kier alpha value is -1.30. The number of rotatable bonds is 8. The Morgan fingerprint density at radius 2 is 1.59 bits per heavy atom. The van der Waals surface area contributed by atoms with Gasteiger partial charge in [-0.2, -0.15) is 4.31 Å². The molecule has 0 spiro atoms. The van der Waals surface area contributed by atoms with Crippen molar-refractivity contribution in [3.05, 3.63) is 46.7 Å². The van der Waals surface area contributed by atoms with Crippen LogP contribution in [0.25, 0.3) is 0 Å². The summed E-state index contributed by atoms with van der Waals surface area (Å²) in [6.07, 6.45) is 3.94. The van der Waals surface area contributed by atoms with Gasteiger partial charge in [-0.25, -0.2) is 21.6 Å². The van der Waals surface area contributed by atoms with Crippen LogP contribution in [0.2, 0.25) is 0 Å². The third kappa shape index (κ3) is 5.26. The first-order valence-corrected chi connectivity index (χ1v) is 14.9. The lowest BCUT2D eigenvalue weighted by molar-refractivity contribution is 0.141. The molecule has 3 heterocycles. The van der Waals surface area contributed by atoms with E-state index in [0.29, 0.717) is 19.0 Å². The fourth-order valence-corrected chi connectivity index (χ4v) is 7.79. The van der Waals surface area contributed by atoms with Gasteiger partial charge in [0.25, 0.3) is 0 Å². The van der Waals surface area contributed by atoms with Crippen LogP contribution < -0.4 is 4.72 Å². The van der Waals surface area contributed by atoms with Crippen molar-refractivity contribution in [1.29, 1.82) is 0 Å². The highest BCUT2D eigenvalue weighted by atomic mass is 32.2. The third-order valence-corrected chi connectivity index (χ3v) is 10.8. The first-order valence-electron chi connectivity index (χ1n) is 11.1. The van der Waals surface area contributed by atoms with Crippen molar-refractivity contribution in [3.63, 3.8) is 0 Å². The minimum Gasteiger partial charge on any atom is -0.294 e. The van der Waals surface area contributed by atoms with Crippen molar-refractivity contribution in [2.24, 2.45) is 5.92 Å². The maximum Gasteiger partial charge on any atom is 0.243 e. The van der Waals surface area contributed by atoms with Gasteiger partial charge in [0.15, 0.2) is 0 Å². The highest BCUT2D eigenvalue weighted by Gasteiger charge is 2.29. The van der Waals surface area contributed by atoms with E-state index in [1.165, 1.54) is 28.6 Å². The minimum absolute atomic E-state index is 0.00732. The number of benzene rings is 1. The Kier molecular flexibility index (Phi) is 7.38. The highest BCUT2D eigenvalue weighted by molar-refractivity contribution is 7.89. The molecule has 1 atom stereocenters. The number of likely N-dealkylation sites (tertiary alicyclic amines) is 1. The average Bonchev–Trinajstić information content (AvgIpc) is 3.50. The molecule has 4 rings (SSSR count). The SMILES string of the molecule is CC1CCN(C(CNS(=O)(=O)c2ccc(S(=O)(=O)N3CCCC3)cc2)c2cccs2)CC1. The van der Waals surface area contributed by atoms with Gasteiger partial charge < -0.3 is 0 Å². The molecule has 0 bridgehead atoms. The third-order valence-electron chi connectivity index (χ3n) is 6.43. The zero-order valence-electron chi connectivity index (χ0n) is 18.3. The van der Waals surface area contributed by atoms with E-state index in [-0.39, 0.29) is 22.4 Å². The van der Waals surface area contributed by atoms with E-state index < -0.39 is 20.0 Å². The van der Waals surface area contributed by atoms with Crippen molar-refractivity contribution in [1.82, 2.24) is 13.9 Å². The van der Waals surface area contributed by atoms with E-state index in [0.717, 1.165) is 43.6 Å². The van der Waals surface area contributed by atoms with Crippen LogP contribution in [0.15, 0.2) is 51.6 Å². The van der Waals surface area contributed by atoms with E-state index in [1.54, 1.807) is 11.3 Å². The molecule has 2 aromatic rings. The molecule has 0 saturated carbocycles. The van der Waals surface area contributed by atoms with Crippen LogP contribution in [-0.4, -0.2) is 58.8 Å². The van der Waals surface area contributed by atoms with Gasteiger partial charge in [0.2, 0.25) is 20.0 Å². The maximum atomic E-state index is 13.0. The molecule has 2 aliphatic heterocycles. The number of nitrogens with zero attached hydrogens (tertiary/aromatic N) is 2. The van der Waals surface area contributed by atoms with E-state index in [4.69, 9.17) is 0 Å². The Bertz CT molecular complexity index is 1090. The Morgan fingerprint density at radius 3 is 2.19 bits per heavy atom. The van der Waals surface area contributed by atoms with Crippen LogP contribution in [0.3, 0.4) is 0 Å². The number of hydrogen-bond acceptors (Lipinski definition) is 6. The summed E-state index contributed by atoms with van der Waals surface area (Å²) in [5, 5.41) is 2.02. The smallest absolute Gasteiger partial charge is 0.243 e. The van der Waals surface area contributed by atoms with Crippen molar-refractivity contribution in [2.45, 2.75) is 48.4 Å². The van der Waals surface area contributed by atoms with Crippen molar-refractivity contribution >= 4 is 31.4 Å². The second-order valence-electron chi connectivity index (χ2n) is 8.68. The van der Waals surface area contributed by atoms with Crippen LogP contribution >= 0.6 is 11.3 Å². The van der Waals surface area contributed by atoms with Crippen molar-refractivity contribution in [3.8, 4) is 0 Å². The zero-order valence-corrected chi connectivity index (χ0v) is 20.8. The average molecular weight is 498 g/mol. The molecular weight excluding hydrogens is 466 g/mol. The summed E-state index contributed by atoms with van der Waals surface area (Å²) in [5.41, 5.74) is 0. The lowest BCUT2D eigenvalue weighted by Crippen LogP contribution is -2.41. The molecule has 32 heavy (non-hydrogen) atoms. The quantitative estimate of drug-likeness (QED) is 0.605. The summed E-state index contributed by atoms with van der Waals surface area (Å²) in [4.78, 5) is 3.72. The van der Waals surface area contributed by atoms with Gasteiger partial charge in [-0.1, -0.05) is 13.0 Å².